The molecule has 1 fully saturated rings. The molecule has 1 saturated heterocycles. The van der Waals surface area contributed by atoms with E-state index in [9.17, 15) is 0 Å². The molecule has 0 spiro atoms. The van der Waals surface area contributed by atoms with Crippen molar-refractivity contribution in [3.8, 4) is 0 Å². The standard InChI is InChI=1S/C16H25N3O/c1-4-16(5-2)8-9-19(11-16)14-7-6-12(3)10-13(14)15(17)18-20/h6-7,10,20H,4-5,8-9,11H2,1-3H3,(H2,17,18). The van der Waals surface area contributed by atoms with Crippen LogP contribution in [0.25, 0.3) is 0 Å². The number of hydrogen-bond donors (Lipinski definition) is 2. The topological polar surface area (TPSA) is 61.8 Å². The second-order valence-corrected chi connectivity index (χ2v) is 5.88. The lowest BCUT2D eigenvalue weighted by Crippen LogP contribution is -2.28. The molecule has 4 nitrogen and oxygen atoms in total. The fourth-order valence-electron chi connectivity index (χ4n) is 3.15. The number of nitrogens with two attached hydrogens (primary N) is 1. The second kappa shape index (κ2) is 5.73. The lowest BCUT2D eigenvalue weighted by molar-refractivity contribution is 0.301. The van der Waals surface area contributed by atoms with Gasteiger partial charge >= 0.3 is 0 Å². The smallest absolute Gasteiger partial charge is 0.172 e. The molecule has 0 bridgehead atoms. The predicted octanol–water partition coefficient (Wildman–Crippen LogP) is 3.11. The van der Waals surface area contributed by atoms with Gasteiger partial charge in [0.15, 0.2) is 5.84 Å². The maximum absolute atomic E-state index is 8.99. The predicted molar refractivity (Wildman–Crippen MR) is 83.5 cm³/mol. The first-order valence-electron chi connectivity index (χ1n) is 7.38. The van der Waals surface area contributed by atoms with Crippen LogP contribution in [0.2, 0.25) is 0 Å². The highest BCUT2D eigenvalue weighted by Gasteiger charge is 2.35. The van der Waals surface area contributed by atoms with Gasteiger partial charge in [-0.15, -0.1) is 0 Å². The zero-order valence-corrected chi connectivity index (χ0v) is 12.7. The monoisotopic (exact) mass is 275 g/mol. The highest BCUT2D eigenvalue weighted by Crippen LogP contribution is 2.39. The molecule has 0 amide bonds. The Hall–Kier alpha value is -1.71. The van der Waals surface area contributed by atoms with E-state index in [1.54, 1.807) is 0 Å². The third-order valence-electron chi connectivity index (χ3n) is 4.81. The Morgan fingerprint density at radius 3 is 2.65 bits per heavy atom. The van der Waals surface area contributed by atoms with Crippen molar-refractivity contribution in [3.63, 3.8) is 0 Å². The van der Waals surface area contributed by atoms with Gasteiger partial charge in [-0.2, -0.15) is 0 Å². The molecular weight excluding hydrogens is 250 g/mol. The summed E-state index contributed by atoms with van der Waals surface area (Å²) in [5.41, 5.74) is 9.27. The van der Waals surface area contributed by atoms with Gasteiger partial charge < -0.3 is 15.8 Å². The molecule has 1 aromatic rings. The number of hydrogen-bond acceptors (Lipinski definition) is 3. The summed E-state index contributed by atoms with van der Waals surface area (Å²) < 4.78 is 0. The number of amidine groups is 1. The van der Waals surface area contributed by atoms with Gasteiger partial charge in [-0.1, -0.05) is 30.6 Å². The van der Waals surface area contributed by atoms with Crippen molar-refractivity contribution in [1.82, 2.24) is 0 Å². The van der Waals surface area contributed by atoms with Crippen molar-refractivity contribution < 1.29 is 5.21 Å². The maximum atomic E-state index is 8.99. The van der Waals surface area contributed by atoms with Gasteiger partial charge in [0, 0.05) is 24.3 Å². The van der Waals surface area contributed by atoms with E-state index >= 15 is 0 Å². The van der Waals surface area contributed by atoms with Crippen LogP contribution in [0.1, 0.15) is 44.2 Å². The van der Waals surface area contributed by atoms with Crippen LogP contribution >= 0.6 is 0 Å². The van der Waals surface area contributed by atoms with Crippen molar-refractivity contribution in [3.05, 3.63) is 29.3 Å². The number of oxime groups is 1. The van der Waals surface area contributed by atoms with Crippen LogP contribution in [0.3, 0.4) is 0 Å². The Balaban J connectivity index is 2.35. The summed E-state index contributed by atoms with van der Waals surface area (Å²) in [5, 5.41) is 12.2. The van der Waals surface area contributed by atoms with E-state index in [-0.39, 0.29) is 5.84 Å². The van der Waals surface area contributed by atoms with Crippen LogP contribution in [-0.4, -0.2) is 24.1 Å². The number of benzene rings is 1. The number of rotatable bonds is 4. The van der Waals surface area contributed by atoms with Crippen LogP contribution in [0, 0.1) is 12.3 Å². The molecule has 0 saturated carbocycles. The van der Waals surface area contributed by atoms with Gasteiger partial charge in [0.2, 0.25) is 0 Å². The SMILES string of the molecule is CCC1(CC)CCN(c2ccc(C)cc2/C(N)=N/O)C1. The van der Waals surface area contributed by atoms with Crippen molar-refractivity contribution >= 4 is 11.5 Å². The molecule has 0 radical (unpaired) electrons. The van der Waals surface area contributed by atoms with Gasteiger partial charge in [-0.25, -0.2) is 0 Å². The quantitative estimate of drug-likeness (QED) is 0.384. The number of anilines is 1. The lowest BCUT2D eigenvalue weighted by atomic mass is 9.82. The van der Waals surface area contributed by atoms with E-state index in [1.165, 1.54) is 19.3 Å². The molecule has 0 unspecified atom stereocenters. The van der Waals surface area contributed by atoms with Crippen molar-refractivity contribution in [2.24, 2.45) is 16.3 Å². The molecule has 1 aliphatic heterocycles. The molecule has 0 aromatic heterocycles. The molecule has 1 aromatic carbocycles. The molecule has 3 N–H and O–H groups in total. The van der Waals surface area contributed by atoms with Crippen LogP contribution in [-0.2, 0) is 0 Å². The first kappa shape index (κ1) is 14.7. The van der Waals surface area contributed by atoms with Crippen molar-refractivity contribution in [2.75, 3.05) is 18.0 Å². The molecule has 110 valence electrons. The second-order valence-electron chi connectivity index (χ2n) is 5.88. The molecule has 2 rings (SSSR count). The fraction of sp³-hybridized carbons (Fsp3) is 0.562. The molecular formula is C16H25N3O. The largest absolute Gasteiger partial charge is 0.409 e. The Labute approximate surface area is 121 Å². The zero-order valence-electron chi connectivity index (χ0n) is 12.7. The third kappa shape index (κ3) is 2.60. The van der Waals surface area contributed by atoms with E-state index in [1.807, 2.05) is 13.0 Å². The Morgan fingerprint density at radius 1 is 1.40 bits per heavy atom. The van der Waals surface area contributed by atoms with E-state index < -0.39 is 0 Å². The van der Waals surface area contributed by atoms with Crippen molar-refractivity contribution in [1.29, 1.82) is 0 Å². The molecule has 0 aliphatic carbocycles. The summed E-state index contributed by atoms with van der Waals surface area (Å²) in [5.74, 6) is 0.189. The minimum atomic E-state index is 0.189. The van der Waals surface area contributed by atoms with E-state index in [0.717, 1.165) is 29.9 Å². The summed E-state index contributed by atoms with van der Waals surface area (Å²) in [7, 11) is 0. The summed E-state index contributed by atoms with van der Waals surface area (Å²) in [6.07, 6.45) is 3.61. The van der Waals surface area contributed by atoms with Gasteiger partial charge in [0.05, 0.1) is 0 Å². The van der Waals surface area contributed by atoms with Crippen molar-refractivity contribution in [2.45, 2.75) is 40.0 Å². The van der Waals surface area contributed by atoms with Crippen LogP contribution in [0.15, 0.2) is 23.4 Å². The number of aryl methyl sites for hydroxylation is 1. The Morgan fingerprint density at radius 2 is 2.10 bits per heavy atom. The van der Waals surface area contributed by atoms with Gasteiger partial charge in [-0.05, 0) is 43.7 Å². The van der Waals surface area contributed by atoms with Crippen LogP contribution in [0.5, 0.6) is 0 Å². The average Bonchev–Trinajstić information content (AvgIpc) is 2.91. The van der Waals surface area contributed by atoms with E-state index in [4.69, 9.17) is 10.9 Å². The highest BCUT2D eigenvalue weighted by molar-refractivity contribution is 6.02. The molecule has 4 heteroatoms. The fourth-order valence-corrected chi connectivity index (χ4v) is 3.15. The van der Waals surface area contributed by atoms with Gasteiger partial charge in [-0.3, -0.25) is 0 Å². The molecule has 0 atom stereocenters. The van der Waals surface area contributed by atoms with Gasteiger partial charge in [0.1, 0.15) is 0 Å². The third-order valence-corrected chi connectivity index (χ3v) is 4.81. The van der Waals surface area contributed by atoms with E-state index in [2.05, 4.69) is 36.0 Å². The average molecular weight is 275 g/mol. The summed E-state index contributed by atoms with van der Waals surface area (Å²) >= 11 is 0. The first-order chi connectivity index (χ1) is 9.55. The van der Waals surface area contributed by atoms with Crippen LogP contribution in [0.4, 0.5) is 5.69 Å². The van der Waals surface area contributed by atoms with Crippen LogP contribution < -0.4 is 10.6 Å². The van der Waals surface area contributed by atoms with Gasteiger partial charge in [0.25, 0.3) is 0 Å². The minimum absolute atomic E-state index is 0.189. The summed E-state index contributed by atoms with van der Waals surface area (Å²) in [6.45, 7) is 8.65. The molecule has 20 heavy (non-hydrogen) atoms. The molecule has 1 aliphatic rings. The first-order valence-corrected chi connectivity index (χ1v) is 7.38. The summed E-state index contributed by atoms with van der Waals surface area (Å²) in [4.78, 5) is 2.37. The normalized spacial score (nSPS) is 18.6. The minimum Gasteiger partial charge on any atom is -0.409 e. The zero-order chi connectivity index (χ0) is 14.8. The summed E-state index contributed by atoms with van der Waals surface area (Å²) in [6, 6.07) is 6.16. The maximum Gasteiger partial charge on any atom is 0.172 e. The lowest BCUT2D eigenvalue weighted by Gasteiger charge is -2.28. The number of nitrogens with zero attached hydrogens (tertiary/aromatic N) is 2. The van der Waals surface area contributed by atoms with E-state index in [0.29, 0.717) is 5.41 Å². The Kier molecular flexibility index (Phi) is 4.21. The highest BCUT2D eigenvalue weighted by atomic mass is 16.4. The molecule has 1 heterocycles. The Bertz CT molecular complexity index is 506.